The minimum atomic E-state index is 0.691. The third-order valence-electron chi connectivity index (χ3n) is 4.13. The molecule has 0 spiro atoms. The number of nitrogens with two attached hydrogens (primary N) is 1. The van der Waals surface area contributed by atoms with Gasteiger partial charge in [-0.15, -0.1) is 11.3 Å². The molecule has 0 saturated carbocycles. The smallest absolute Gasteiger partial charge is 0.180 e. The fourth-order valence-electron chi connectivity index (χ4n) is 2.95. The number of aryl methyl sites for hydroxylation is 1. The molecule has 3 nitrogen and oxygen atoms in total. The standard InChI is InChI=1S/C16H21N3S/c1-12-15(20-16(17)18-12)11-19-9-7-14(8-10-19)13-5-3-2-4-6-13/h2-6,14H,7-11H2,1H3,(H2,17,18). The highest BCUT2D eigenvalue weighted by molar-refractivity contribution is 7.15. The lowest BCUT2D eigenvalue weighted by atomic mass is 9.89. The van der Waals surface area contributed by atoms with Gasteiger partial charge in [-0.3, -0.25) is 4.90 Å². The highest BCUT2D eigenvalue weighted by atomic mass is 32.1. The van der Waals surface area contributed by atoms with Crippen LogP contribution in [0.3, 0.4) is 0 Å². The van der Waals surface area contributed by atoms with Crippen molar-refractivity contribution >= 4 is 16.5 Å². The molecule has 1 saturated heterocycles. The van der Waals surface area contributed by atoms with Crippen LogP contribution < -0.4 is 5.73 Å². The molecule has 3 rings (SSSR count). The Morgan fingerprint density at radius 3 is 2.55 bits per heavy atom. The van der Waals surface area contributed by atoms with E-state index in [2.05, 4.69) is 47.1 Å². The van der Waals surface area contributed by atoms with Crippen molar-refractivity contribution in [1.82, 2.24) is 9.88 Å². The Hall–Kier alpha value is -1.39. The molecule has 1 fully saturated rings. The first-order valence-electron chi connectivity index (χ1n) is 7.21. The Bertz CT molecular complexity index is 556. The Balaban J connectivity index is 1.58. The van der Waals surface area contributed by atoms with E-state index < -0.39 is 0 Å². The Morgan fingerprint density at radius 2 is 1.95 bits per heavy atom. The maximum absolute atomic E-state index is 5.77. The van der Waals surface area contributed by atoms with E-state index in [0.29, 0.717) is 5.13 Å². The Kier molecular flexibility index (Phi) is 4.03. The summed E-state index contributed by atoms with van der Waals surface area (Å²) in [5.41, 5.74) is 8.36. The molecule has 0 aliphatic carbocycles. The van der Waals surface area contributed by atoms with E-state index in [9.17, 15) is 0 Å². The first kappa shape index (κ1) is 13.6. The van der Waals surface area contributed by atoms with Crippen molar-refractivity contribution in [2.45, 2.75) is 32.2 Å². The predicted octanol–water partition coefficient (Wildman–Crippen LogP) is 3.41. The number of nitrogen functional groups attached to an aromatic ring is 1. The summed E-state index contributed by atoms with van der Waals surface area (Å²) in [5, 5.41) is 0.691. The molecule has 0 atom stereocenters. The topological polar surface area (TPSA) is 42.1 Å². The number of likely N-dealkylation sites (tertiary alicyclic amines) is 1. The molecule has 2 aromatic rings. The van der Waals surface area contributed by atoms with E-state index in [1.54, 1.807) is 11.3 Å². The molecule has 1 aliphatic heterocycles. The van der Waals surface area contributed by atoms with E-state index in [1.807, 2.05) is 0 Å². The lowest BCUT2D eigenvalue weighted by Gasteiger charge is -2.31. The molecule has 0 unspecified atom stereocenters. The monoisotopic (exact) mass is 287 g/mol. The molecule has 106 valence electrons. The Labute approximate surface area is 124 Å². The van der Waals surface area contributed by atoms with Crippen LogP contribution in [-0.4, -0.2) is 23.0 Å². The third kappa shape index (κ3) is 3.02. The summed E-state index contributed by atoms with van der Waals surface area (Å²) >= 11 is 1.63. The van der Waals surface area contributed by atoms with Gasteiger partial charge in [-0.2, -0.15) is 0 Å². The highest BCUT2D eigenvalue weighted by Gasteiger charge is 2.21. The van der Waals surface area contributed by atoms with Gasteiger partial charge >= 0.3 is 0 Å². The first-order chi connectivity index (χ1) is 9.72. The molecule has 1 aromatic carbocycles. The average molecular weight is 287 g/mol. The quantitative estimate of drug-likeness (QED) is 0.940. The number of hydrogen-bond donors (Lipinski definition) is 1. The number of hydrogen-bond acceptors (Lipinski definition) is 4. The number of piperidine rings is 1. The zero-order valence-corrected chi connectivity index (χ0v) is 12.7. The highest BCUT2D eigenvalue weighted by Crippen LogP contribution is 2.29. The fraction of sp³-hybridized carbons (Fsp3) is 0.438. The maximum Gasteiger partial charge on any atom is 0.180 e. The van der Waals surface area contributed by atoms with Crippen molar-refractivity contribution in [3.8, 4) is 0 Å². The number of benzene rings is 1. The minimum Gasteiger partial charge on any atom is -0.375 e. The summed E-state index contributed by atoms with van der Waals surface area (Å²) in [4.78, 5) is 8.16. The Morgan fingerprint density at radius 1 is 1.25 bits per heavy atom. The van der Waals surface area contributed by atoms with Gasteiger partial charge in [0, 0.05) is 11.4 Å². The van der Waals surface area contributed by atoms with Crippen molar-refractivity contribution < 1.29 is 0 Å². The van der Waals surface area contributed by atoms with Crippen LogP contribution >= 0.6 is 11.3 Å². The molecule has 1 aliphatic rings. The molecule has 0 amide bonds. The molecular formula is C16H21N3S. The number of nitrogens with zero attached hydrogens (tertiary/aromatic N) is 2. The fourth-order valence-corrected chi connectivity index (χ4v) is 3.83. The van der Waals surface area contributed by atoms with E-state index >= 15 is 0 Å². The van der Waals surface area contributed by atoms with E-state index in [-0.39, 0.29) is 0 Å². The lowest BCUT2D eigenvalue weighted by Crippen LogP contribution is -2.32. The number of anilines is 1. The molecule has 20 heavy (non-hydrogen) atoms. The molecular weight excluding hydrogens is 266 g/mol. The van der Waals surface area contributed by atoms with Gasteiger partial charge in [0.2, 0.25) is 0 Å². The van der Waals surface area contributed by atoms with Crippen LogP contribution in [-0.2, 0) is 6.54 Å². The molecule has 0 radical (unpaired) electrons. The predicted molar refractivity (Wildman–Crippen MR) is 85.0 cm³/mol. The van der Waals surface area contributed by atoms with Crippen molar-refractivity contribution in [3.05, 3.63) is 46.5 Å². The second kappa shape index (κ2) is 5.94. The zero-order chi connectivity index (χ0) is 13.9. The average Bonchev–Trinajstić information content (AvgIpc) is 2.79. The third-order valence-corrected chi connectivity index (χ3v) is 5.11. The first-order valence-corrected chi connectivity index (χ1v) is 8.03. The number of rotatable bonds is 3. The second-order valence-electron chi connectivity index (χ2n) is 5.52. The van der Waals surface area contributed by atoms with Gasteiger partial charge in [-0.1, -0.05) is 30.3 Å². The van der Waals surface area contributed by atoms with Crippen LogP contribution in [0.15, 0.2) is 30.3 Å². The molecule has 2 N–H and O–H groups in total. The van der Waals surface area contributed by atoms with Crippen LogP contribution in [0, 0.1) is 6.92 Å². The second-order valence-corrected chi connectivity index (χ2v) is 6.64. The van der Waals surface area contributed by atoms with Crippen LogP contribution in [0.2, 0.25) is 0 Å². The van der Waals surface area contributed by atoms with Crippen molar-refractivity contribution in [2.75, 3.05) is 18.8 Å². The van der Waals surface area contributed by atoms with Crippen molar-refractivity contribution in [3.63, 3.8) is 0 Å². The van der Waals surface area contributed by atoms with Crippen LogP contribution in [0.1, 0.15) is 34.9 Å². The largest absolute Gasteiger partial charge is 0.375 e. The molecule has 1 aromatic heterocycles. The van der Waals surface area contributed by atoms with Crippen molar-refractivity contribution in [2.24, 2.45) is 0 Å². The van der Waals surface area contributed by atoms with Gasteiger partial charge in [0.05, 0.1) is 5.69 Å². The van der Waals surface area contributed by atoms with Gasteiger partial charge in [0.15, 0.2) is 5.13 Å². The van der Waals surface area contributed by atoms with E-state index in [0.717, 1.165) is 31.2 Å². The van der Waals surface area contributed by atoms with Gasteiger partial charge in [0.1, 0.15) is 0 Å². The molecule has 0 bridgehead atoms. The lowest BCUT2D eigenvalue weighted by molar-refractivity contribution is 0.206. The number of aromatic nitrogens is 1. The van der Waals surface area contributed by atoms with E-state index in [1.165, 1.54) is 23.3 Å². The minimum absolute atomic E-state index is 0.691. The summed E-state index contributed by atoms with van der Waals surface area (Å²) in [6.07, 6.45) is 2.49. The van der Waals surface area contributed by atoms with Gasteiger partial charge in [-0.25, -0.2) is 4.98 Å². The summed E-state index contributed by atoms with van der Waals surface area (Å²) < 4.78 is 0. The number of thiazole rings is 1. The maximum atomic E-state index is 5.77. The summed E-state index contributed by atoms with van der Waals surface area (Å²) in [6, 6.07) is 10.9. The van der Waals surface area contributed by atoms with Gasteiger partial charge < -0.3 is 5.73 Å². The van der Waals surface area contributed by atoms with Gasteiger partial charge in [-0.05, 0) is 44.3 Å². The van der Waals surface area contributed by atoms with Crippen LogP contribution in [0.25, 0.3) is 0 Å². The normalized spacial score (nSPS) is 17.4. The molecule has 4 heteroatoms. The van der Waals surface area contributed by atoms with Crippen LogP contribution in [0.5, 0.6) is 0 Å². The summed E-state index contributed by atoms with van der Waals surface area (Å²) in [6.45, 7) is 5.38. The SMILES string of the molecule is Cc1nc(N)sc1CN1CCC(c2ccccc2)CC1. The summed E-state index contributed by atoms with van der Waals surface area (Å²) in [5.74, 6) is 0.722. The summed E-state index contributed by atoms with van der Waals surface area (Å²) in [7, 11) is 0. The van der Waals surface area contributed by atoms with Crippen LogP contribution in [0.4, 0.5) is 5.13 Å². The molecule has 2 heterocycles. The van der Waals surface area contributed by atoms with E-state index in [4.69, 9.17) is 5.73 Å². The van der Waals surface area contributed by atoms with Crippen molar-refractivity contribution in [1.29, 1.82) is 0 Å². The van der Waals surface area contributed by atoms with Gasteiger partial charge in [0.25, 0.3) is 0 Å². The zero-order valence-electron chi connectivity index (χ0n) is 11.9.